The fraction of sp³-hybridized carbons (Fsp3) is 0.333. The number of halogens is 6. The van der Waals surface area contributed by atoms with E-state index in [4.69, 9.17) is 11.6 Å². The highest BCUT2D eigenvalue weighted by Crippen LogP contribution is 2.38. The number of hydrogen-bond acceptors (Lipinski definition) is 4. The Morgan fingerprint density at radius 1 is 1.04 bits per heavy atom. The van der Waals surface area contributed by atoms with E-state index in [9.17, 15) is 18.3 Å². The van der Waals surface area contributed by atoms with Crippen molar-refractivity contribution in [3.63, 3.8) is 0 Å². The molecule has 0 aromatic heterocycles. The number of nitrogens with one attached hydrogen (secondary N) is 1. The number of rotatable bonds is 4. The van der Waals surface area contributed by atoms with E-state index in [1.165, 1.54) is 12.1 Å². The molecule has 0 bridgehead atoms. The van der Waals surface area contributed by atoms with Gasteiger partial charge in [-0.25, -0.2) is 0 Å². The number of alkyl halides is 3. The van der Waals surface area contributed by atoms with Gasteiger partial charge in [0, 0.05) is 31.7 Å². The van der Waals surface area contributed by atoms with Gasteiger partial charge in [-0.3, -0.25) is 4.90 Å². The Kier molecular flexibility index (Phi) is 9.17. The van der Waals surface area contributed by atoms with Crippen molar-refractivity contribution in [2.24, 2.45) is 0 Å². The van der Waals surface area contributed by atoms with Crippen LogP contribution in [0.3, 0.4) is 0 Å². The third-order valence-corrected chi connectivity index (χ3v) is 4.56. The van der Waals surface area contributed by atoms with Crippen LogP contribution < -0.4 is 10.1 Å². The Bertz CT molecular complexity index is 755. The Morgan fingerprint density at radius 3 is 2.21 bits per heavy atom. The predicted octanol–water partition coefficient (Wildman–Crippen LogP) is 4.78. The van der Waals surface area contributed by atoms with Crippen LogP contribution >= 0.6 is 36.4 Å². The molecule has 1 aliphatic rings. The molecule has 1 fully saturated rings. The van der Waals surface area contributed by atoms with Gasteiger partial charge in [-0.2, -0.15) is 0 Å². The van der Waals surface area contributed by atoms with E-state index in [1.807, 2.05) is 0 Å². The van der Waals surface area contributed by atoms with Crippen LogP contribution in [-0.4, -0.2) is 42.5 Å². The normalized spacial score (nSPS) is 15.9. The second-order valence-corrected chi connectivity index (χ2v) is 6.39. The molecular weight excluding hydrogens is 440 g/mol. The van der Waals surface area contributed by atoms with E-state index in [0.29, 0.717) is 5.56 Å². The first-order valence-corrected chi connectivity index (χ1v) is 8.51. The number of para-hydroxylation sites is 1. The maximum Gasteiger partial charge on any atom is 0.573 e. The van der Waals surface area contributed by atoms with Crippen LogP contribution in [0.15, 0.2) is 42.5 Å². The lowest BCUT2D eigenvalue weighted by atomic mass is 9.95. The van der Waals surface area contributed by atoms with Gasteiger partial charge in [-0.15, -0.1) is 38.0 Å². The molecule has 28 heavy (non-hydrogen) atoms. The predicted molar refractivity (Wildman–Crippen MR) is 107 cm³/mol. The third-order valence-electron chi connectivity index (χ3n) is 4.26. The number of benzene rings is 2. The second kappa shape index (κ2) is 10.4. The molecular formula is C18H20Cl3F3N2O2. The quantitative estimate of drug-likeness (QED) is 0.690. The van der Waals surface area contributed by atoms with Crippen molar-refractivity contribution in [2.75, 3.05) is 26.2 Å². The topological polar surface area (TPSA) is 44.7 Å². The lowest BCUT2D eigenvalue weighted by Crippen LogP contribution is -2.45. The summed E-state index contributed by atoms with van der Waals surface area (Å²) < 4.78 is 41.0. The van der Waals surface area contributed by atoms with Crippen molar-refractivity contribution >= 4 is 36.4 Å². The molecule has 0 radical (unpaired) electrons. The molecule has 2 aromatic carbocycles. The van der Waals surface area contributed by atoms with Crippen LogP contribution in [0.2, 0.25) is 5.02 Å². The van der Waals surface area contributed by atoms with Gasteiger partial charge in [0.15, 0.2) is 0 Å². The molecule has 1 heterocycles. The van der Waals surface area contributed by atoms with Gasteiger partial charge < -0.3 is 15.2 Å². The summed E-state index contributed by atoms with van der Waals surface area (Å²) in [5, 5.41) is 13.9. The molecule has 10 heteroatoms. The molecule has 2 aromatic rings. The van der Waals surface area contributed by atoms with E-state index in [0.717, 1.165) is 31.7 Å². The van der Waals surface area contributed by atoms with Crippen LogP contribution in [0.25, 0.3) is 0 Å². The first kappa shape index (κ1) is 24.7. The van der Waals surface area contributed by atoms with Crippen LogP contribution in [0.1, 0.15) is 17.2 Å². The maximum atomic E-state index is 12.4. The molecule has 2 N–H and O–H groups in total. The van der Waals surface area contributed by atoms with Crippen molar-refractivity contribution in [3.8, 4) is 11.5 Å². The zero-order valence-electron chi connectivity index (χ0n) is 14.6. The number of aromatic hydroxyl groups is 1. The van der Waals surface area contributed by atoms with Crippen molar-refractivity contribution in [3.05, 3.63) is 58.6 Å². The van der Waals surface area contributed by atoms with Crippen LogP contribution in [-0.2, 0) is 0 Å². The summed E-state index contributed by atoms with van der Waals surface area (Å²) in [4.78, 5) is 2.15. The lowest BCUT2D eigenvalue weighted by Gasteiger charge is -2.36. The largest absolute Gasteiger partial charge is 0.573 e. The van der Waals surface area contributed by atoms with Crippen molar-refractivity contribution in [2.45, 2.75) is 12.4 Å². The number of nitrogens with zero attached hydrogens (tertiary/aromatic N) is 1. The first-order valence-electron chi connectivity index (χ1n) is 8.13. The third kappa shape index (κ3) is 6.06. The maximum absolute atomic E-state index is 12.4. The molecule has 4 nitrogen and oxygen atoms in total. The lowest BCUT2D eigenvalue weighted by molar-refractivity contribution is -0.274. The number of phenolic OH excluding ortho intramolecular Hbond substituents is 1. The molecule has 0 aliphatic carbocycles. The van der Waals surface area contributed by atoms with Gasteiger partial charge in [-0.05, 0) is 23.8 Å². The number of phenols is 1. The minimum Gasteiger partial charge on any atom is -0.506 e. The van der Waals surface area contributed by atoms with Gasteiger partial charge in [-0.1, -0.05) is 35.9 Å². The monoisotopic (exact) mass is 458 g/mol. The van der Waals surface area contributed by atoms with Crippen molar-refractivity contribution in [1.82, 2.24) is 10.2 Å². The van der Waals surface area contributed by atoms with Crippen molar-refractivity contribution < 1.29 is 23.0 Å². The fourth-order valence-corrected chi connectivity index (χ4v) is 3.31. The average molecular weight is 460 g/mol. The van der Waals surface area contributed by atoms with Gasteiger partial charge in [0.25, 0.3) is 0 Å². The molecule has 156 valence electrons. The number of piperazine rings is 1. The van der Waals surface area contributed by atoms with Crippen LogP contribution in [0, 0.1) is 0 Å². The highest BCUT2D eigenvalue weighted by Gasteiger charge is 2.31. The van der Waals surface area contributed by atoms with Gasteiger partial charge in [0.1, 0.15) is 11.5 Å². The molecule has 1 aliphatic heterocycles. The summed E-state index contributed by atoms with van der Waals surface area (Å²) in [6, 6.07) is 10.5. The summed E-state index contributed by atoms with van der Waals surface area (Å²) in [6.45, 7) is 3.04. The second-order valence-electron chi connectivity index (χ2n) is 5.98. The summed E-state index contributed by atoms with van der Waals surface area (Å²) >= 11 is 6.06. The van der Waals surface area contributed by atoms with E-state index in [1.54, 1.807) is 30.3 Å². The summed E-state index contributed by atoms with van der Waals surface area (Å²) in [5.41, 5.74) is 1.36. The Balaban J connectivity index is 0.00000196. The smallest absolute Gasteiger partial charge is 0.506 e. The molecule has 3 rings (SSSR count). The average Bonchev–Trinajstić information content (AvgIpc) is 2.60. The van der Waals surface area contributed by atoms with Gasteiger partial charge in [0.05, 0.1) is 11.1 Å². The molecule has 0 spiro atoms. The Labute approximate surface area is 178 Å². The van der Waals surface area contributed by atoms with E-state index in [2.05, 4.69) is 15.0 Å². The minimum absolute atomic E-state index is 0. The molecule has 0 unspecified atom stereocenters. The summed E-state index contributed by atoms with van der Waals surface area (Å²) in [5.74, 6) is -0.302. The SMILES string of the molecule is Cl.Cl.Oc1c(Cl)cccc1[C@H](c1ccc(OC(F)(F)F)cc1)N1CCNCC1. The van der Waals surface area contributed by atoms with Gasteiger partial charge in [0.2, 0.25) is 0 Å². The van der Waals surface area contributed by atoms with Crippen LogP contribution in [0.4, 0.5) is 13.2 Å². The Morgan fingerprint density at radius 2 is 1.64 bits per heavy atom. The molecule has 0 amide bonds. The van der Waals surface area contributed by atoms with Crippen LogP contribution in [0.5, 0.6) is 11.5 Å². The van der Waals surface area contributed by atoms with E-state index in [-0.39, 0.29) is 47.4 Å². The molecule has 1 atom stereocenters. The minimum atomic E-state index is -4.73. The zero-order chi connectivity index (χ0) is 18.7. The van der Waals surface area contributed by atoms with E-state index < -0.39 is 6.36 Å². The zero-order valence-corrected chi connectivity index (χ0v) is 17.0. The fourth-order valence-electron chi connectivity index (χ4n) is 3.13. The van der Waals surface area contributed by atoms with Gasteiger partial charge >= 0.3 is 6.36 Å². The standard InChI is InChI=1S/C18H18ClF3N2O2.2ClH/c19-15-3-1-2-14(17(15)25)16(24-10-8-23-9-11-24)12-4-6-13(7-5-12)26-18(20,21)22;;/h1-7,16,23,25H,8-11H2;2*1H/t16-;;/m0../s1. The first-order chi connectivity index (χ1) is 12.3. The van der Waals surface area contributed by atoms with E-state index >= 15 is 0 Å². The molecule has 1 saturated heterocycles. The molecule has 0 saturated carbocycles. The van der Waals surface area contributed by atoms with Crippen molar-refractivity contribution in [1.29, 1.82) is 0 Å². The number of ether oxygens (including phenoxy) is 1. The summed E-state index contributed by atoms with van der Waals surface area (Å²) in [7, 11) is 0. The highest BCUT2D eigenvalue weighted by atomic mass is 35.5. The Hall–Kier alpha value is -1.38. The highest BCUT2D eigenvalue weighted by molar-refractivity contribution is 6.32. The summed E-state index contributed by atoms with van der Waals surface area (Å²) in [6.07, 6.45) is -4.73. The number of hydrogen-bond donors (Lipinski definition) is 2.